The van der Waals surface area contributed by atoms with Gasteiger partial charge in [0.05, 0.1) is 0 Å². The molecule has 1 rings (SSSR count). The fourth-order valence-electron chi connectivity index (χ4n) is 1.43. The molecule has 1 atom stereocenters. The van der Waals surface area contributed by atoms with Gasteiger partial charge in [0.15, 0.2) is 0 Å². The second kappa shape index (κ2) is 3.75. The molecule has 0 saturated carbocycles. The van der Waals surface area contributed by atoms with Crippen LogP contribution in [0, 0.1) is 5.92 Å². The van der Waals surface area contributed by atoms with Gasteiger partial charge in [-0.15, -0.1) is 0 Å². The summed E-state index contributed by atoms with van der Waals surface area (Å²) in [5, 5.41) is 0. The van der Waals surface area contributed by atoms with Crippen molar-refractivity contribution in [1.82, 2.24) is 0 Å². The molecule has 0 nitrogen and oxygen atoms in total. The van der Waals surface area contributed by atoms with Gasteiger partial charge in [0, 0.05) is 0 Å². The van der Waals surface area contributed by atoms with Crippen molar-refractivity contribution >= 4 is 0 Å². The largest absolute Gasteiger partial charge is 0.0770 e. The van der Waals surface area contributed by atoms with Crippen LogP contribution in [0.3, 0.4) is 0 Å². The fourth-order valence-corrected chi connectivity index (χ4v) is 1.43. The average Bonchev–Trinajstić information content (AvgIpc) is 2.50. The summed E-state index contributed by atoms with van der Waals surface area (Å²) in [4.78, 5) is 0. The van der Waals surface area contributed by atoms with Crippen molar-refractivity contribution in [2.24, 2.45) is 5.92 Å². The highest BCUT2D eigenvalue weighted by Gasteiger charge is 2.09. The molecule has 0 amide bonds. The second-order valence-corrected chi connectivity index (χ2v) is 3.37. The Labute approximate surface area is 70.0 Å². The van der Waals surface area contributed by atoms with Gasteiger partial charge in [-0.2, -0.15) is 0 Å². The molecule has 1 aliphatic rings. The first-order valence-corrected chi connectivity index (χ1v) is 4.67. The Balaban J connectivity index is 2.56. The monoisotopic (exact) mass is 150 g/mol. The third kappa shape index (κ3) is 1.95. The minimum absolute atomic E-state index is 0.763. The Morgan fingerprint density at radius 1 is 1.45 bits per heavy atom. The van der Waals surface area contributed by atoms with E-state index >= 15 is 0 Å². The summed E-state index contributed by atoms with van der Waals surface area (Å²) in [7, 11) is 0. The van der Waals surface area contributed by atoms with Crippen molar-refractivity contribution in [2.45, 2.75) is 40.0 Å². The third-order valence-corrected chi connectivity index (χ3v) is 2.61. The molecule has 0 fully saturated rings. The summed E-state index contributed by atoms with van der Waals surface area (Å²) in [6, 6.07) is 0. The molecule has 1 aliphatic carbocycles. The lowest BCUT2D eigenvalue weighted by molar-refractivity contribution is 0.671. The normalized spacial score (nSPS) is 19.5. The lowest BCUT2D eigenvalue weighted by Crippen LogP contribution is -1.92. The van der Waals surface area contributed by atoms with E-state index < -0.39 is 0 Å². The predicted molar refractivity (Wildman–Crippen MR) is 50.5 cm³/mol. The SMILES string of the molecule is CCC1=CC(C(C)CC)=CC1. The second-order valence-electron chi connectivity index (χ2n) is 3.37. The molecular weight excluding hydrogens is 132 g/mol. The Morgan fingerprint density at radius 2 is 2.18 bits per heavy atom. The van der Waals surface area contributed by atoms with Crippen molar-refractivity contribution < 1.29 is 0 Å². The molecule has 62 valence electrons. The van der Waals surface area contributed by atoms with Crippen LogP contribution >= 0.6 is 0 Å². The fraction of sp³-hybridized carbons (Fsp3) is 0.636. The van der Waals surface area contributed by atoms with Crippen LogP contribution in [0.1, 0.15) is 40.0 Å². The van der Waals surface area contributed by atoms with E-state index in [2.05, 4.69) is 32.9 Å². The van der Waals surface area contributed by atoms with E-state index in [9.17, 15) is 0 Å². The van der Waals surface area contributed by atoms with E-state index in [0.717, 1.165) is 5.92 Å². The lowest BCUT2D eigenvalue weighted by Gasteiger charge is -2.06. The summed E-state index contributed by atoms with van der Waals surface area (Å²) in [5.41, 5.74) is 3.16. The molecular formula is C11H18. The van der Waals surface area contributed by atoms with E-state index in [1.54, 1.807) is 11.1 Å². The molecule has 0 heteroatoms. The van der Waals surface area contributed by atoms with Crippen LogP contribution in [0.15, 0.2) is 23.3 Å². The molecule has 0 aliphatic heterocycles. The molecule has 0 aromatic carbocycles. The molecule has 0 aromatic rings. The van der Waals surface area contributed by atoms with Gasteiger partial charge in [-0.1, -0.05) is 38.5 Å². The number of hydrogen-bond donors (Lipinski definition) is 0. The smallest absolute Gasteiger partial charge is 0.0130 e. The lowest BCUT2D eigenvalue weighted by atomic mass is 10.00. The molecule has 11 heavy (non-hydrogen) atoms. The maximum Gasteiger partial charge on any atom is -0.0130 e. The summed E-state index contributed by atoms with van der Waals surface area (Å²) in [6.45, 7) is 6.80. The quantitative estimate of drug-likeness (QED) is 0.575. The zero-order valence-electron chi connectivity index (χ0n) is 7.85. The molecule has 0 N–H and O–H groups in total. The Morgan fingerprint density at radius 3 is 2.64 bits per heavy atom. The topological polar surface area (TPSA) is 0 Å². The van der Waals surface area contributed by atoms with E-state index in [0.29, 0.717) is 0 Å². The average molecular weight is 150 g/mol. The predicted octanol–water partition coefficient (Wildman–Crippen LogP) is 3.70. The van der Waals surface area contributed by atoms with Crippen LogP contribution in [-0.4, -0.2) is 0 Å². The zero-order chi connectivity index (χ0) is 8.27. The highest BCUT2D eigenvalue weighted by atomic mass is 14.1. The minimum Gasteiger partial charge on any atom is -0.0770 e. The summed E-state index contributed by atoms with van der Waals surface area (Å²) < 4.78 is 0. The van der Waals surface area contributed by atoms with Crippen molar-refractivity contribution in [3.63, 3.8) is 0 Å². The summed E-state index contributed by atoms with van der Waals surface area (Å²) >= 11 is 0. The maximum absolute atomic E-state index is 2.38. The van der Waals surface area contributed by atoms with Crippen molar-refractivity contribution in [2.75, 3.05) is 0 Å². The number of rotatable bonds is 3. The van der Waals surface area contributed by atoms with Gasteiger partial charge < -0.3 is 0 Å². The van der Waals surface area contributed by atoms with Crippen LogP contribution in [0.4, 0.5) is 0 Å². The van der Waals surface area contributed by atoms with Gasteiger partial charge >= 0.3 is 0 Å². The van der Waals surface area contributed by atoms with Crippen LogP contribution in [0.25, 0.3) is 0 Å². The van der Waals surface area contributed by atoms with Gasteiger partial charge in [0.2, 0.25) is 0 Å². The molecule has 0 saturated heterocycles. The van der Waals surface area contributed by atoms with Gasteiger partial charge in [-0.3, -0.25) is 0 Å². The van der Waals surface area contributed by atoms with Crippen LogP contribution in [0.5, 0.6) is 0 Å². The number of hydrogen-bond acceptors (Lipinski definition) is 0. The Kier molecular flexibility index (Phi) is 2.92. The minimum atomic E-state index is 0.763. The number of allylic oxidation sites excluding steroid dienone is 4. The van der Waals surface area contributed by atoms with Crippen LogP contribution < -0.4 is 0 Å². The van der Waals surface area contributed by atoms with E-state index in [1.807, 2.05) is 0 Å². The van der Waals surface area contributed by atoms with Crippen LogP contribution in [0.2, 0.25) is 0 Å². The van der Waals surface area contributed by atoms with Gasteiger partial charge in [-0.25, -0.2) is 0 Å². The highest BCUT2D eigenvalue weighted by molar-refractivity contribution is 5.33. The highest BCUT2D eigenvalue weighted by Crippen LogP contribution is 2.26. The molecule has 0 bridgehead atoms. The van der Waals surface area contributed by atoms with Gasteiger partial charge in [0.1, 0.15) is 0 Å². The Bertz CT molecular complexity index is 184. The van der Waals surface area contributed by atoms with Gasteiger partial charge in [0.25, 0.3) is 0 Å². The first-order valence-electron chi connectivity index (χ1n) is 4.67. The van der Waals surface area contributed by atoms with Crippen LogP contribution in [-0.2, 0) is 0 Å². The third-order valence-electron chi connectivity index (χ3n) is 2.61. The van der Waals surface area contributed by atoms with Crippen molar-refractivity contribution in [3.05, 3.63) is 23.3 Å². The van der Waals surface area contributed by atoms with Crippen molar-refractivity contribution in [3.8, 4) is 0 Å². The van der Waals surface area contributed by atoms with Gasteiger partial charge in [-0.05, 0) is 30.8 Å². The molecule has 0 heterocycles. The zero-order valence-corrected chi connectivity index (χ0v) is 7.85. The first-order chi connectivity index (χ1) is 5.27. The Hall–Kier alpha value is -0.520. The van der Waals surface area contributed by atoms with Crippen molar-refractivity contribution in [1.29, 1.82) is 0 Å². The first kappa shape index (κ1) is 8.58. The standard InChI is InChI=1S/C11H18/c1-4-9(3)11-7-6-10(5-2)8-11/h7-9H,4-6H2,1-3H3. The van der Waals surface area contributed by atoms with E-state index in [4.69, 9.17) is 0 Å². The van der Waals surface area contributed by atoms with E-state index in [-0.39, 0.29) is 0 Å². The molecule has 0 aromatic heterocycles. The maximum atomic E-state index is 2.38. The molecule has 0 spiro atoms. The summed E-state index contributed by atoms with van der Waals surface area (Å²) in [6.07, 6.45) is 8.45. The van der Waals surface area contributed by atoms with E-state index in [1.165, 1.54) is 19.3 Å². The summed E-state index contributed by atoms with van der Waals surface area (Å²) in [5.74, 6) is 0.763. The molecule has 0 radical (unpaired) electrons. The molecule has 1 unspecified atom stereocenters.